The van der Waals surface area contributed by atoms with Crippen LogP contribution in [0.2, 0.25) is 0 Å². The molecule has 0 saturated heterocycles. The Morgan fingerprint density at radius 1 is 0.409 bits per heavy atom. The fourth-order valence-electron chi connectivity index (χ4n) is 9.46. The molecule has 0 aliphatic carbocycles. The lowest BCUT2D eigenvalue weighted by Gasteiger charge is -2.22. The van der Waals surface area contributed by atoms with Gasteiger partial charge in [0.1, 0.15) is 0 Å². The largest absolute Gasteiger partial charge is 0.466 e. The summed E-state index contributed by atoms with van der Waals surface area (Å²) in [4.78, 5) is 24.5. The summed E-state index contributed by atoms with van der Waals surface area (Å²) in [6, 6.07) is -0.562. The molecule has 0 aromatic heterocycles. The van der Waals surface area contributed by atoms with Gasteiger partial charge in [0, 0.05) is 12.8 Å². The van der Waals surface area contributed by atoms with Crippen LogP contribution < -0.4 is 5.32 Å². The van der Waals surface area contributed by atoms with E-state index in [1.807, 2.05) is 0 Å². The predicted molar refractivity (Wildman–Crippen MR) is 287 cm³/mol. The smallest absolute Gasteiger partial charge is 0.305 e. The number of rotatable bonds is 56. The zero-order valence-corrected chi connectivity index (χ0v) is 44.7. The Balaban J connectivity index is 3.48. The van der Waals surface area contributed by atoms with Crippen LogP contribution in [0.5, 0.6) is 0 Å². The van der Waals surface area contributed by atoms with Crippen LogP contribution in [0.25, 0.3) is 0 Å². The maximum absolute atomic E-state index is 12.5. The van der Waals surface area contributed by atoms with Gasteiger partial charge in [-0.15, -0.1) is 0 Å². The van der Waals surface area contributed by atoms with Crippen LogP contribution in [0.15, 0.2) is 12.2 Å². The van der Waals surface area contributed by atoms with Gasteiger partial charge in [0.2, 0.25) is 5.91 Å². The molecular weight excluding hydrogens is 815 g/mol. The van der Waals surface area contributed by atoms with Crippen molar-refractivity contribution in [2.45, 2.75) is 347 Å². The Labute approximate surface area is 412 Å². The minimum atomic E-state index is -0.683. The molecule has 6 nitrogen and oxygen atoms in total. The van der Waals surface area contributed by atoms with Gasteiger partial charge >= 0.3 is 5.97 Å². The van der Waals surface area contributed by atoms with Gasteiger partial charge in [-0.25, -0.2) is 0 Å². The van der Waals surface area contributed by atoms with Crippen LogP contribution >= 0.6 is 0 Å². The second kappa shape index (κ2) is 56.2. The van der Waals surface area contributed by atoms with Crippen molar-refractivity contribution in [3.8, 4) is 0 Å². The van der Waals surface area contributed by atoms with Gasteiger partial charge < -0.3 is 20.3 Å². The molecular formula is C60H117NO5. The third-order valence-corrected chi connectivity index (χ3v) is 14.1. The highest BCUT2D eigenvalue weighted by atomic mass is 16.5. The number of hydrogen-bond donors (Lipinski definition) is 3. The zero-order valence-electron chi connectivity index (χ0n) is 44.7. The Morgan fingerprint density at radius 3 is 1.08 bits per heavy atom. The van der Waals surface area contributed by atoms with Gasteiger partial charge in [-0.2, -0.15) is 0 Å². The predicted octanol–water partition coefficient (Wildman–Crippen LogP) is 18.5. The number of carbonyl (C=O) groups excluding carboxylic acids is 2. The van der Waals surface area contributed by atoms with Crippen molar-refractivity contribution in [3.63, 3.8) is 0 Å². The van der Waals surface area contributed by atoms with Crippen LogP contribution in [-0.4, -0.2) is 47.4 Å². The highest BCUT2D eigenvalue weighted by Gasteiger charge is 2.20. The molecule has 0 spiro atoms. The second-order valence-electron chi connectivity index (χ2n) is 20.7. The topological polar surface area (TPSA) is 95.9 Å². The lowest BCUT2D eigenvalue weighted by Crippen LogP contribution is -2.45. The number of hydrogen-bond acceptors (Lipinski definition) is 5. The van der Waals surface area contributed by atoms with Crippen molar-refractivity contribution >= 4 is 11.9 Å². The fraction of sp³-hybridized carbons (Fsp3) is 0.933. The van der Waals surface area contributed by atoms with E-state index in [-0.39, 0.29) is 18.5 Å². The first kappa shape index (κ1) is 64.6. The van der Waals surface area contributed by atoms with Gasteiger partial charge in [-0.05, 0) is 51.4 Å². The average molecular weight is 933 g/mol. The van der Waals surface area contributed by atoms with E-state index in [0.717, 1.165) is 77.0 Å². The van der Waals surface area contributed by atoms with Crippen LogP contribution in [0.1, 0.15) is 335 Å². The number of amides is 1. The molecule has 0 fully saturated rings. The molecule has 2 atom stereocenters. The standard InChI is InChI=1S/C60H117NO5/c1-3-5-7-9-11-13-15-17-19-20-21-22-23-24-25-26-27-28-29-32-36-40-44-48-52-58(63)57(56-62)61-59(64)53-49-45-41-37-33-31-35-39-43-47-51-55-66-60(65)54-50-46-42-38-34-30-18-16-14-12-10-8-6-4-2/h35,39,57-58,62-63H,3-34,36-38,40-56H2,1-2H3,(H,61,64)/b39-35-. The summed E-state index contributed by atoms with van der Waals surface area (Å²) in [5.41, 5.74) is 0. The molecule has 0 aliphatic rings. The van der Waals surface area contributed by atoms with Crippen LogP contribution in [0.4, 0.5) is 0 Å². The second-order valence-corrected chi connectivity index (χ2v) is 20.7. The van der Waals surface area contributed by atoms with Crippen molar-refractivity contribution in [2.24, 2.45) is 0 Å². The highest BCUT2D eigenvalue weighted by Crippen LogP contribution is 2.18. The number of aliphatic hydroxyl groups is 2. The Bertz CT molecular complexity index is 986. The van der Waals surface area contributed by atoms with E-state index in [9.17, 15) is 19.8 Å². The van der Waals surface area contributed by atoms with Crippen LogP contribution in [-0.2, 0) is 14.3 Å². The molecule has 0 aromatic rings. The maximum Gasteiger partial charge on any atom is 0.305 e. The quantitative estimate of drug-likeness (QED) is 0.0321. The summed E-state index contributed by atoms with van der Waals surface area (Å²) in [6.45, 7) is 4.90. The molecule has 3 N–H and O–H groups in total. The highest BCUT2D eigenvalue weighted by molar-refractivity contribution is 5.76. The molecule has 0 rings (SSSR count). The molecule has 6 heteroatoms. The monoisotopic (exact) mass is 932 g/mol. The number of esters is 1. The molecule has 0 saturated carbocycles. The third-order valence-electron chi connectivity index (χ3n) is 14.1. The Morgan fingerprint density at radius 2 is 0.712 bits per heavy atom. The van der Waals surface area contributed by atoms with E-state index in [2.05, 4.69) is 31.3 Å². The summed E-state index contributed by atoms with van der Waals surface area (Å²) >= 11 is 0. The van der Waals surface area contributed by atoms with E-state index in [1.165, 1.54) is 225 Å². The summed E-state index contributed by atoms with van der Waals surface area (Å²) in [6.07, 6.45) is 66.4. The van der Waals surface area contributed by atoms with E-state index in [0.29, 0.717) is 25.9 Å². The molecule has 2 unspecified atom stereocenters. The lowest BCUT2D eigenvalue weighted by atomic mass is 10.0. The van der Waals surface area contributed by atoms with Crippen molar-refractivity contribution in [1.29, 1.82) is 0 Å². The Hall–Kier alpha value is -1.40. The molecule has 0 heterocycles. The lowest BCUT2D eigenvalue weighted by molar-refractivity contribution is -0.143. The van der Waals surface area contributed by atoms with E-state index >= 15 is 0 Å². The number of nitrogens with one attached hydrogen (secondary N) is 1. The number of ether oxygens (including phenoxy) is 1. The van der Waals surface area contributed by atoms with Crippen molar-refractivity contribution < 1.29 is 24.5 Å². The van der Waals surface area contributed by atoms with Crippen molar-refractivity contribution in [2.75, 3.05) is 13.2 Å². The molecule has 1 amide bonds. The number of carbonyl (C=O) groups is 2. The summed E-state index contributed by atoms with van der Waals surface area (Å²) in [7, 11) is 0. The van der Waals surface area contributed by atoms with Gasteiger partial charge in [0.15, 0.2) is 0 Å². The maximum atomic E-state index is 12.5. The molecule has 66 heavy (non-hydrogen) atoms. The summed E-state index contributed by atoms with van der Waals surface area (Å²) in [5.74, 6) is -0.0875. The number of aliphatic hydroxyl groups excluding tert-OH is 2. The molecule has 0 radical (unpaired) electrons. The van der Waals surface area contributed by atoms with Crippen molar-refractivity contribution in [3.05, 3.63) is 12.2 Å². The van der Waals surface area contributed by atoms with E-state index in [4.69, 9.17) is 4.74 Å². The van der Waals surface area contributed by atoms with E-state index < -0.39 is 12.1 Å². The van der Waals surface area contributed by atoms with Crippen LogP contribution in [0.3, 0.4) is 0 Å². The molecule has 0 aliphatic heterocycles. The zero-order chi connectivity index (χ0) is 47.9. The first-order valence-corrected chi connectivity index (χ1v) is 29.9. The average Bonchev–Trinajstić information content (AvgIpc) is 3.32. The van der Waals surface area contributed by atoms with Gasteiger partial charge in [-0.1, -0.05) is 283 Å². The first-order chi connectivity index (χ1) is 32.5. The SMILES string of the molecule is CCCCCCCCCCCCCCCCCCCCCCCCCCC(O)C(CO)NC(=O)CCCCCCC/C=C\CCCCOC(=O)CCCCCCCCCCCCCCCC. The summed E-state index contributed by atoms with van der Waals surface area (Å²) in [5, 5.41) is 23.3. The van der Waals surface area contributed by atoms with Crippen LogP contribution in [0, 0.1) is 0 Å². The van der Waals surface area contributed by atoms with E-state index in [1.54, 1.807) is 0 Å². The molecule has 0 bridgehead atoms. The fourth-order valence-corrected chi connectivity index (χ4v) is 9.46. The first-order valence-electron chi connectivity index (χ1n) is 29.9. The third kappa shape index (κ3) is 52.0. The number of allylic oxidation sites excluding steroid dienone is 2. The molecule has 0 aromatic carbocycles. The van der Waals surface area contributed by atoms with Gasteiger partial charge in [0.05, 0.1) is 25.4 Å². The molecule has 392 valence electrons. The van der Waals surface area contributed by atoms with Gasteiger partial charge in [0.25, 0.3) is 0 Å². The Kier molecular flexibility index (Phi) is 55.0. The minimum absolute atomic E-state index is 0.0277. The normalized spacial score (nSPS) is 12.6. The van der Waals surface area contributed by atoms with Gasteiger partial charge in [-0.3, -0.25) is 9.59 Å². The number of unbranched alkanes of at least 4 members (excludes halogenated alkanes) is 43. The summed E-state index contributed by atoms with van der Waals surface area (Å²) < 4.78 is 5.45. The minimum Gasteiger partial charge on any atom is -0.466 e. The van der Waals surface area contributed by atoms with Crippen molar-refractivity contribution in [1.82, 2.24) is 5.32 Å².